The number of nitrogens with one attached hydrogen (secondary N) is 1. The van der Waals surface area contributed by atoms with Gasteiger partial charge in [-0.15, -0.1) is 11.3 Å². The number of hydrogen-bond donors (Lipinski definition) is 1. The van der Waals surface area contributed by atoms with Crippen molar-refractivity contribution in [1.82, 2.24) is 5.32 Å². The second kappa shape index (κ2) is 4.74. The van der Waals surface area contributed by atoms with E-state index in [0.717, 1.165) is 15.4 Å². The number of rotatable bonds is 3. The lowest BCUT2D eigenvalue weighted by Gasteiger charge is -2.24. The number of halogens is 2. The molecule has 0 radical (unpaired) electrons. The molecule has 4 heteroatoms. The topological polar surface area (TPSA) is 12.0 Å². The highest BCUT2D eigenvalue weighted by atomic mass is 79.9. The van der Waals surface area contributed by atoms with Crippen molar-refractivity contribution >= 4 is 38.9 Å². The summed E-state index contributed by atoms with van der Waals surface area (Å²) >= 11 is 11.1. The van der Waals surface area contributed by atoms with Gasteiger partial charge in [-0.3, -0.25) is 0 Å². The summed E-state index contributed by atoms with van der Waals surface area (Å²) in [5, 5.41) is 3.65. The first-order chi connectivity index (χ1) is 7.09. The second-order valence-corrected chi connectivity index (χ2v) is 7.05. The SMILES string of the molecule is CC1(NCc2cc(Br)c(Cl)s2)CCCC1. The van der Waals surface area contributed by atoms with E-state index >= 15 is 0 Å². The zero-order valence-electron chi connectivity index (χ0n) is 8.78. The van der Waals surface area contributed by atoms with E-state index in [4.69, 9.17) is 11.6 Å². The summed E-state index contributed by atoms with van der Waals surface area (Å²) in [6, 6.07) is 2.11. The van der Waals surface area contributed by atoms with Crippen molar-refractivity contribution in [3.05, 3.63) is 19.8 Å². The van der Waals surface area contributed by atoms with Crippen molar-refractivity contribution in [2.45, 2.75) is 44.7 Å². The lowest BCUT2D eigenvalue weighted by atomic mass is 10.0. The van der Waals surface area contributed by atoms with Gasteiger partial charge >= 0.3 is 0 Å². The fourth-order valence-electron chi connectivity index (χ4n) is 2.11. The zero-order chi connectivity index (χ0) is 10.9. The third-order valence-electron chi connectivity index (χ3n) is 3.09. The lowest BCUT2D eigenvalue weighted by molar-refractivity contribution is 0.364. The molecule has 1 aromatic heterocycles. The van der Waals surface area contributed by atoms with Crippen LogP contribution in [0.1, 0.15) is 37.5 Å². The van der Waals surface area contributed by atoms with Crippen LogP contribution >= 0.6 is 38.9 Å². The maximum Gasteiger partial charge on any atom is 0.107 e. The summed E-state index contributed by atoms with van der Waals surface area (Å²) in [4.78, 5) is 1.31. The van der Waals surface area contributed by atoms with Crippen molar-refractivity contribution in [2.75, 3.05) is 0 Å². The first-order valence-corrected chi connectivity index (χ1v) is 7.27. The van der Waals surface area contributed by atoms with E-state index in [9.17, 15) is 0 Å². The fourth-order valence-corrected chi connectivity index (χ4v) is 3.84. The third kappa shape index (κ3) is 2.96. The molecular formula is C11H15BrClNS. The second-order valence-electron chi connectivity index (χ2n) is 4.46. The Kier molecular flexibility index (Phi) is 3.76. The minimum Gasteiger partial charge on any atom is -0.307 e. The van der Waals surface area contributed by atoms with E-state index < -0.39 is 0 Å². The highest BCUT2D eigenvalue weighted by Gasteiger charge is 2.27. The normalized spacial score (nSPS) is 19.7. The van der Waals surface area contributed by atoms with Gasteiger partial charge in [-0.25, -0.2) is 0 Å². The van der Waals surface area contributed by atoms with E-state index in [2.05, 4.69) is 34.2 Å². The van der Waals surface area contributed by atoms with Crippen molar-refractivity contribution in [2.24, 2.45) is 0 Å². The van der Waals surface area contributed by atoms with Crippen LogP contribution < -0.4 is 5.32 Å². The average Bonchev–Trinajstić information content (AvgIpc) is 2.73. The molecule has 1 saturated carbocycles. The molecular weight excluding hydrogens is 294 g/mol. The monoisotopic (exact) mass is 307 g/mol. The predicted octanol–water partition coefficient (Wildman–Crippen LogP) is 4.59. The van der Waals surface area contributed by atoms with Gasteiger partial charge in [-0.2, -0.15) is 0 Å². The lowest BCUT2D eigenvalue weighted by Crippen LogP contribution is -2.38. The highest BCUT2D eigenvalue weighted by Crippen LogP contribution is 2.33. The molecule has 2 rings (SSSR count). The van der Waals surface area contributed by atoms with Gasteiger partial charge in [0.2, 0.25) is 0 Å². The van der Waals surface area contributed by atoms with Crippen LogP contribution in [0, 0.1) is 0 Å². The quantitative estimate of drug-likeness (QED) is 0.861. The van der Waals surface area contributed by atoms with Gasteiger partial charge in [-0.05, 0) is 41.8 Å². The van der Waals surface area contributed by atoms with Gasteiger partial charge in [0.15, 0.2) is 0 Å². The Bertz CT molecular complexity index is 325. The third-order valence-corrected chi connectivity index (χ3v) is 5.57. The van der Waals surface area contributed by atoms with Crippen LogP contribution in [-0.2, 0) is 6.54 Å². The van der Waals surface area contributed by atoms with Crippen LogP contribution in [-0.4, -0.2) is 5.54 Å². The standard InChI is InChI=1S/C11H15BrClNS/c1-11(4-2-3-5-11)14-7-8-6-9(12)10(13)15-8/h6,14H,2-5,7H2,1H3. The molecule has 1 aromatic rings. The van der Waals surface area contributed by atoms with Crippen LogP contribution in [0.3, 0.4) is 0 Å². The first kappa shape index (κ1) is 11.9. The van der Waals surface area contributed by atoms with Crippen molar-refractivity contribution in [3.8, 4) is 0 Å². The molecule has 1 heterocycles. The maximum atomic E-state index is 6.00. The van der Waals surface area contributed by atoms with E-state index in [1.165, 1.54) is 30.6 Å². The van der Waals surface area contributed by atoms with Crippen LogP contribution in [0.25, 0.3) is 0 Å². The van der Waals surface area contributed by atoms with Crippen LogP contribution in [0.15, 0.2) is 10.5 Å². The van der Waals surface area contributed by atoms with Crippen LogP contribution in [0.2, 0.25) is 4.34 Å². The molecule has 0 unspecified atom stereocenters. The largest absolute Gasteiger partial charge is 0.307 e. The summed E-state index contributed by atoms with van der Waals surface area (Å²) in [7, 11) is 0. The van der Waals surface area contributed by atoms with E-state index in [-0.39, 0.29) is 0 Å². The minimum absolute atomic E-state index is 0.350. The summed E-state index contributed by atoms with van der Waals surface area (Å²) in [6.07, 6.45) is 5.32. The van der Waals surface area contributed by atoms with Crippen molar-refractivity contribution < 1.29 is 0 Å². The highest BCUT2D eigenvalue weighted by molar-refractivity contribution is 9.10. The fraction of sp³-hybridized carbons (Fsp3) is 0.636. The van der Waals surface area contributed by atoms with Crippen molar-refractivity contribution in [3.63, 3.8) is 0 Å². The van der Waals surface area contributed by atoms with Gasteiger partial charge in [0, 0.05) is 21.4 Å². The Balaban J connectivity index is 1.92. The van der Waals surface area contributed by atoms with Gasteiger partial charge in [-0.1, -0.05) is 24.4 Å². The summed E-state index contributed by atoms with van der Waals surface area (Å²) in [6.45, 7) is 3.26. The molecule has 0 spiro atoms. The van der Waals surface area contributed by atoms with Crippen LogP contribution in [0.5, 0.6) is 0 Å². The Morgan fingerprint density at radius 1 is 1.53 bits per heavy atom. The molecule has 15 heavy (non-hydrogen) atoms. The summed E-state index contributed by atoms with van der Waals surface area (Å²) in [5.41, 5.74) is 0.350. The smallest absolute Gasteiger partial charge is 0.107 e. The first-order valence-electron chi connectivity index (χ1n) is 5.28. The maximum absolute atomic E-state index is 6.00. The molecule has 1 aliphatic carbocycles. The van der Waals surface area contributed by atoms with Crippen LogP contribution in [0.4, 0.5) is 0 Å². The Morgan fingerprint density at radius 2 is 2.20 bits per heavy atom. The van der Waals surface area contributed by atoms with Gasteiger partial charge in [0.25, 0.3) is 0 Å². The Morgan fingerprint density at radius 3 is 2.73 bits per heavy atom. The predicted molar refractivity (Wildman–Crippen MR) is 70.7 cm³/mol. The molecule has 1 nitrogen and oxygen atoms in total. The van der Waals surface area contributed by atoms with Gasteiger partial charge in [0.05, 0.1) is 0 Å². The van der Waals surface area contributed by atoms with Gasteiger partial charge < -0.3 is 5.32 Å². The molecule has 0 amide bonds. The molecule has 0 atom stereocenters. The van der Waals surface area contributed by atoms with E-state index in [1.54, 1.807) is 11.3 Å². The Hall–Kier alpha value is 0.430. The molecule has 1 fully saturated rings. The summed E-state index contributed by atoms with van der Waals surface area (Å²) in [5.74, 6) is 0. The number of thiophene rings is 1. The Labute approximate surface area is 108 Å². The van der Waals surface area contributed by atoms with E-state index in [0.29, 0.717) is 5.54 Å². The molecule has 1 aliphatic rings. The molecule has 84 valence electrons. The molecule has 0 saturated heterocycles. The van der Waals surface area contributed by atoms with Gasteiger partial charge in [0.1, 0.15) is 4.34 Å². The van der Waals surface area contributed by atoms with Crippen molar-refractivity contribution in [1.29, 1.82) is 0 Å². The van der Waals surface area contributed by atoms with E-state index in [1.807, 2.05) is 0 Å². The summed E-state index contributed by atoms with van der Waals surface area (Å²) < 4.78 is 1.87. The zero-order valence-corrected chi connectivity index (χ0v) is 11.9. The molecule has 0 bridgehead atoms. The molecule has 1 N–H and O–H groups in total. The molecule has 0 aliphatic heterocycles. The average molecular weight is 309 g/mol. The minimum atomic E-state index is 0.350. The number of hydrogen-bond acceptors (Lipinski definition) is 2. The molecule has 0 aromatic carbocycles.